The van der Waals surface area contributed by atoms with E-state index in [1.807, 2.05) is 13.0 Å². The third-order valence-electron chi connectivity index (χ3n) is 6.51. The number of anilines is 1. The fourth-order valence-corrected chi connectivity index (χ4v) is 4.46. The average molecular weight is 473 g/mol. The number of benzene rings is 1. The monoisotopic (exact) mass is 472 g/mol. The highest BCUT2D eigenvalue weighted by Gasteiger charge is 2.43. The second-order valence-corrected chi connectivity index (χ2v) is 9.03. The zero-order valence-corrected chi connectivity index (χ0v) is 19.9. The van der Waals surface area contributed by atoms with Gasteiger partial charge in [0.1, 0.15) is 5.54 Å². The van der Waals surface area contributed by atoms with Gasteiger partial charge in [-0.25, -0.2) is 4.79 Å². The smallest absolute Gasteiger partial charge is 0.318 e. The van der Waals surface area contributed by atoms with E-state index in [9.17, 15) is 19.2 Å². The number of morpholine rings is 1. The van der Waals surface area contributed by atoms with Crippen LogP contribution in [0.25, 0.3) is 0 Å². The number of ketones is 1. The number of carbonyl (C=O) groups excluding carboxylic acids is 4. The van der Waals surface area contributed by atoms with Crippen molar-refractivity contribution in [2.75, 3.05) is 31.6 Å². The summed E-state index contributed by atoms with van der Waals surface area (Å²) in [5, 5.41) is 8.42. The Morgan fingerprint density at radius 3 is 2.35 bits per heavy atom. The number of carbonyl (C=O) groups is 4. The SMILES string of the molecule is CCCC[C@H](NC(=O)C1(NC(=O)N2CCOCC2)CCCCC1)C(=O)C(=O)Nc1ccccc1. The number of unbranched alkanes of at least 4 members (excludes halogenated alkanes) is 1. The molecular weight excluding hydrogens is 436 g/mol. The molecule has 1 aromatic carbocycles. The number of rotatable bonds is 9. The van der Waals surface area contributed by atoms with Crippen LogP contribution < -0.4 is 16.0 Å². The van der Waals surface area contributed by atoms with Crippen molar-refractivity contribution in [3.05, 3.63) is 30.3 Å². The van der Waals surface area contributed by atoms with E-state index in [0.717, 1.165) is 25.7 Å². The molecule has 1 aliphatic heterocycles. The molecule has 2 aliphatic rings. The molecule has 0 aromatic heterocycles. The van der Waals surface area contributed by atoms with Crippen LogP contribution in [0.3, 0.4) is 0 Å². The summed E-state index contributed by atoms with van der Waals surface area (Å²) in [6, 6.07) is 7.50. The molecule has 4 amide bonds. The molecule has 0 unspecified atom stereocenters. The van der Waals surface area contributed by atoms with Gasteiger partial charge in [-0.3, -0.25) is 14.4 Å². The molecule has 9 nitrogen and oxygen atoms in total. The third-order valence-corrected chi connectivity index (χ3v) is 6.51. The van der Waals surface area contributed by atoms with Crippen molar-refractivity contribution in [3.63, 3.8) is 0 Å². The number of hydrogen-bond donors (Lipinski definition) is 3. The molecule has 186 valence electrons. The molecule has 0 radical (unpaired) electrons. The number of para-hydroxylation sites is 1. The standard InChI is InChI=1S/C25H36N4O5/c1-2-3-12-20(21(30)22(31)26-19-10-6-4-7-11-19)27-23(32)25(13-8-5-9-14-25)28-24(33)29-15-17-34-18-16-29/h4,6-7,10-11,20H,2-3,5,8-9,12-18H2,1H3,(H,26,31)(H,27,32)(H,28,33)/t20-/m0/s1. The van der Waals surface area contributed by atoms with E-state index in [2.05, 4.69) is 16.0 Å². The summed E-state index contributed by atoms with van der Waals surface area (Å²) in [7, 11) is 0. The normalized spacial score (nSPS) is 18.4. The van der Waals surface area contributed by atoms with Crippen LogP contribution in [0.1, 0.15) is 58.3 Å². The molecule has 9 heteroatoms. The van der Waals surface area contributed by atoms with Gasteiger partial charge in [-0.1, -0.05) is 57.2 Å². The van der Waals surface area contributed by atoms with Crippen LogP contribution in [-0.2, 0) is 19.1 Å². The van der Waals surface area contributed by atoms with E-state index in [1.54, 1.807) is 29.2 Å². The molecule has 3 rings (SSSR count). The molecule has 34 heavy (non-hydrogen) atoms. The first-order chi connectivity index (χ1) is 16.4. The van der Waals surface area contributed by atoms with Gasteiger partial charge in [-0.05, 0) is 31.4 Å². The summed E-state index contributed by atoms with van der Waals surface area (Å²) in [6.07, 6.45) is 5.45. The van der Waals surface area contributed by atoms with E-state index < -0.39 is 29.2 Å². The molecule has 2 fully saturated rings. The topological polar surface area (TPSA) is 117 Å². The molecular formula is C25H36N4O5. The number of Topliss-reactive ketones (excluding diaryl/α,β-unsaturated/α-hetero) is 1. The van der Waals surface area contributed by atoms with Gasteiger partial charge < -0.3 is 25.6 Å². The Balaban J connectivity index is 1.71. The highest BCUT2D eigenvalue weighted by molar-refractivity contribution is 6.42. The van der Waals surface area contributed by atoms with Crippen LogP contribution in [0.2, 0.25) is 0 Å². The van der Waals surface area contributed by atoms with Crippen molar-refractivity contribution >= 4 is 29.3 Å². The zero-order valence-electron chi connectivity index (χ0n) is 19.9. The molecule has 1 aliphatic carbocycles. The molecule has 1 aromatic rings. The van der Waals surface area contributed by atoms with Crippen LogP contribution in [0.15, 0.2) is 30.3 Å². The van der Waals surface area contributed by atoms with Crippen LogP contribution >= 0.6 is 0 Å². The van der Waals surface area contributed by atoms with E-state index in [4.69, 9.17) is 4.74 Å². The summed E-state index contributed by atoms with van der Waals surface area (Å²) in [4.78, 5) is 53.8. The van der Waals surface area contributed by atoms with Gasteiger partial charge in [0.05, 0.1) is 19.3 Å². The van der Waals surface area contributed by atoms with Crippen LogP contribution in [0, 0.1) is 0 Å². The molecule has 3 N–H and O–H groups in total. The van der Waals surface area contributed by atoms with Crippen molar-refractivity contribution in [2.24, 2.45) is 0 Å². The number of hydrogen-bond acceptors (Lipinski definition) is 5. The Hall–Kier alpha value is -2.94. The summed E-state index contributed by atoms with van der Waals surface area (Å²) in [5.41, 5.74) is -0.572. The van der Waals surface area contributed by atoms with E-state index in [0.29, 0.717) is 57.7 Å². The van der Waals surface area contributed by atoms with Gasteiger partial charge in [0, 0.05) is 18.8 Å². The lowest BCUT2D eigenvalue weighted by atomic mass is 9.80. The van der Waals surface area contributed by atoms with E-state index in [-0.39, 0.29) is 6.03 Å². The number of urea groups is 1. The number of nitrogens with one attached hydrogen (secondary N) is 3. The Morgan fingerprint density at radius 1 is 1.03 bits per heavy atom. The highest BCUT2D eigenvalue weighted by Crippen LogP contribution is 2.29. The second kappa shape index (κ2) is 12.5. The Kier molecular flexibility index (Phi) is 9.44. The quantitative estimate of drug-likeness (QED) is 0.478. The minimum Gasteiger partial charge on any atom is -0.378 e. The Bertz CT molecular complexity index is 848. The number of amides is 4. The minimum atomic E-state index is -1.09. The zero-order chi connectivity index (χ0) is 24.4. The summed E-state index contributed by atoms with van der Waals surface area (Å²) >= 11 is 0. The number of ether oxygens (including phenoxy) is 1. The van der Waals surface area contributed by atoms with E-state index >= 15 is 0 Å². The van der Waals surface area contributed by atoms with Crippen LogP contribution in [-0.4, -0.2) is 66.4 Å². The predicted octanol–water partition coefficient (Wildman–Crippen LogP) is 2.61. The molecule has 1 saturated heterocycles. The summed E-state index contributed by atoms with van der Waals surface area (Å²) in [5.74, 6) is -1.84. The lowest BCUT2D eigenvalue weighted by molar-refractivity contribution is -0.138. The fourth-order valence-electron chi connectivity index (χ4n) is 4.46. The summed E-state index contributed by atoms with van der Waals surface area (Å²) in [6.45, 7) is 3.87. The van der Waals surface area contributed by atoms with Crippen molar-refractivity contribution in [1.82, 2.24) is 15.5 Å². The van der Waals surface area contributed by atoms with Crippen LogP contribution in [0.5, 0.6) is 0 Å². The van der Waals surface area contributed by atoms with E-state index in [1.165, 1.54) is 0 Å². The number of nitrogens with zero attached hydrogens (tertiary/aromatic N) is 1. The lowest BCUT2D eigenvalue weighted by Crippen LogP contribution is -2.64. The highest BCUT2D eigenvalue weighted by atomic mass is 16.5. The van der Waals surface area contributed by atoms with Crippen molar-refractivity contribution in [1.29, 1.82) is 0 Å². The molecule has 0 spiro atoms. The molecule has 1 saturated carbocycles. The maximum atomic E-state index is 13.5. The van der Waals surface area contributed by atoms with Crippen molar-refractivity contribution in [2.45, 2.75) is 69.9 Å². The predicted molar refractivity (Wildman–Crippen MR) is 128 cm³/mol. The first-order valence-electron chi connectivity index (χ1n) is 12.3. The maximum absolute atomic E-state index is 13.5. The average Bonchev–Trinajstić information content (AvgIpc) is 2.87. The van der Waals surface area contributed by atoms with Gasteiger partial charge in [0.2, 0.25) is 11.7 Å². The fraction of sp³-hybridized carbons (Fsp3) is 0.600. The first kappa shape index (κ1) is 25.7. The first-order valence-corrected chi connectivity index (χ1v) is 12.3. The second-order valence-electron chi connectivity index (χ2n) is 9.03. The van der Waals surface area contributed by atoms with Crippen molar-refractivity contribution < 1.29 is 23.9 Å². The molecule has 0 bridgehead atoms. The van der Waals surface area contributed by atoms with Gasteiger partial charge in [0.15, 0.2) is 0 Å². The van der Waals surface area contributed by atoms with Crippen LogP contribution in [0.4, 0.5) is 10.5 Å². The Morgan fingerprint density at radius 2 is 1.71 bits per heavy atom. The largest absolute Gasteiger partial charge is 0.378 e. The molecule has 1 atom stereocenters. The molecule has 1 heterocycles. The third kappa shape index (κ3) is 6.79. The van der Waals surface area contributed by atoms with Gasteiger partial charge in [-0.2, -0.15) is 0 Å². The van der Waals surface area contributed by atoms with Gasteiger partial charge >= 0.3 is 6.03 Å². The van der Waals surface area contributed by atoms with Gasteiger partial charge in [0.25, 0.3) is 5.91 Å². The van der Waals surface area contributed by atoms with Crippen molar-refractivity contribution in [3.8, 4) is 0 Å². The minimum absolute atomic E-state index is 0.293. The Labute approximate surface area is 201 Å². The summed E-state index contributed by atoms with van der Waals surface area (Å²) < 4.78 is 5.32. The maximum Gasteiger partial charge on any atom is 0.318 e. The lowest BCUT2D eigenvalue weighted by Gasteiger charge is -2.39. The van der Waals surface area contributed by atoms with Gasteiger partial charge in [-0.15, -0.1) is 0 Å².